The van der Waals surface area contributed by atoms with Gasteiger partial charge in [-0.2, -0.15) is 4.80 Å². The molecule has 0 radical (unpaired) electrons. The number of hydrogen-bond acceptors (Lipinski definition) is 6. The number of carbonyl (C=O) groups is 3. The lowest BCUT2D eigenvalue weighted by atomic mass is 10.0. The Morgan fingerprint density at radius 1 is 1.14 bits per heavy atom. The summed E-state index contributed by atoms with van der Waals surface area (Å²) in [6.07, 6.45) is 5.26. The summed E-state index contributed by atoms with van der Waals surface area (Å²) in [5.41, 5.74) is -0.404. The van der Waals surface area contributed by atoms with Gasteiger partial charge in [-0.25, -0.2) is 9.59 Å². The summed E-state index contributed by atoms with van der Waals surface area (Å²) in [4.78, 5) is 43.5. The molecule has 5 rings (SSSR count). The lowest BCUT2D eigenvalue weighted by Gasteiger charge is -2.30. The standard InChI is InChI=1S/C24H31N7O4/c1-29-12-8-3-2-7-11-17-14-24(17,22(33)34)25-21(32)19-13-18(15-30(19)23(29)35)31-27-20(26-28-31)16-9-5-4-6-10-16/h4-6,9-10,17-19H,2-3,7-8,11-15H2,1H3,(H,25,32)(H,33,34)/t17-,18-,19+,24-/m1/s1. The van der Waals surface area contributed by atoms with Crippen LogP contribution in [0.2, 0.25) is 0 Å². The summed E-state index contributed by atoms with van der Waals surface area (Å²) in [7, 11) is 1.74. The highest BCUT2D eigenvalue weighted by molar-refractivity contribution is 5.94. The Kier molecular flexibility index (Phi) is 6.16. The zero-order valence-electron chi connectivity index (χ0n) is 19.8. The van der Waals surface area contributed by atoms with Gasteiger partial charge < -0.3 is 20.2 Å². The second-order valence-corrected chi connectivity index (χ2v) is 9.93. The second kappa shape index (κ2) is 9.27. The fraction of sp³-hybridized carbons (Fsp3) is 0.583. The molecule has 3 amide bonds. The highest BCUT2D eigenvalue weighted by atomic mass is 16.4. The van der Waals surface area contributed by atoms with Crippen LogP contribution in [0.25, 0.3) is 11.4 Å². The monoisotopic (exact) mass is 481 g/mol. The van der Waals surface area contributed by atoms with Crippen LogP contribution < -0.4 is 5.32 Å². The molecule has 2 N–H and O–H groups in total. The number of tetrazole rings is 1. The maximum atomic E-state index is 13.4. The molecule has 4 atom stereocenters. The minimum atomic E-state index is -1.23. The van der Waals surface area contributed by atoms with E-state index in [0.717, 1.165) is 37.7 Å². The van der Waals surface area contributed by atoms with Crippen LogP contribution in [0.15, 0.2) is 30.3 Å². The molecule has 11 nitrogen and oxygen atoms in total. The smallest absolute Gasteiger partial charge is 0.329 e. The zero-order chi connectivity index (χ0) is 24.6. The first-order valence-electron chi connectivity index (χ1n) is 12.3. The van der Waals surface area contributed by atoms with Crippen LogP contribution in [0.4, 0.5) is 4.79 Å². The summed E-state index contributed by atoms with van der Waals surface area (Å²) >= 11 is 0. The Morgan fingerprint density at radius 2 is 1.91 bits per heavy atom. The lowest BCUT2D eigenvalue weighted by Crippen LogP contribution is -2.54. The molecule has 11 heteroatoms. The summed E-state index contributed by atoms with van der Waals surface area (Å²) in [5.74, 6) is -1.03. The van der Waals surface area contributed by atoms with Crippen molar-refractivity contribution in [2.45, 2.75) is 62.6 Å². The van der Waals surface area contributed by atoms with E-state index in [-0.39, 0.29) is 31.0 Å². The number of nitrogens with zero attached hydrogens (tertiary/aromatic N) is 6. The Labute approximate surface area is 203 Å². The number of aliphatic carboxylic acids is 1. The predicted molar refractivity (Wildman–Crippen MR) is 125 cm³/mol. The van der Waals surface area contributed by atoms with E-state index in [1.807, 2.05) is 30.3 Å². The Hall–Kier alpha value is -3.50. The number of hydrogen-bond donors (Lipinski definition) is 2. The average molecular weight is 482 g/mol. The molecule has 0 unspecified atom stereocenters. The van der Waals surface area contributed by atoms with E-state index >= 15 is 0 Å². The van der Waals surface area contributed by atoms with Crippen LogP contribution in [0, 0.1) is 5.92 Å². The number of urea groups is 1. The normalized spacial score (nSPS) is 29.7. The molecular formula is C24H31N7O4. The lowest BCUT2D eigenvalue weighted by molar-refractivity contribution is -0.144. The molecule has 2 saturated heterocycles. The molecule has 1 aromatic carbocycles. The molecule has 186 valence electrons. The van der Waals surface area contributed by atoms with Gasteiger partial charge in [0.05, 0.1) is 6.04 Å². The maximum absolute atomic E-state index is 13.4. The van der Waals surface area contributed by atoms with Crippen LogP contribution in [0.1, 0.15) is 51.0 Å². The van der Waals surface area contributed by atoms with Crippen molar-refractivity contribution in [1.82, 2.24) is 35.3 Å². The van der Waals surface area contributed by atoms with Crippen molar-refractivity contribution in [2.24, 2.45) is 5.92 Å². The van der Waals surface area contributed by atoms with Crippen LogP contribution in [-0.2, 0) is 9.59 Å². The first-order chi connectivity index (χ1) is 16.9. The highest BCUT2D eigenvalue weighted by Crippen LogP contribution is 2.47. The van der Waals surface area contributed by atoms with Crippen LogP contribution in [0.3, 0.4) is 0 Å². The summed E-state index contributed by atoms with van der Waals surface area (Å²) in [5, 5.41) is 25.6. The van der Waals surface area contributed by atoms with E-state index in [1.54, 1.807) is 11.9 Å². The number of carbonyl (C=O) groups excluding carboxylic acids is 2. The van der Waals surface area contributed by atoms with E-state index in [1.165, 1.54) is 9.70 Å². The van der Waals surface area contributed by atoms with Crippen molar-refractivity contribution in [3.05, 3.63) is 30.3 Å². The van der Waals surface area contributed by atoms with Crippen LogP contribution in [0.5, 0.6) is 0 Å². The molecule has 1 aliphatic carbocycles. The summed E-state index contributed by atoms with van der Waals surface area (Å²) in [6.45, 7) is 0.853. The van der Waals surface area contributed by atoms with Gasteiger partial charge in [0.1, 0.15) is 11.6 Å². The largest absolute Gasteiger partial charge is 0.479 e. The predicted octanol–water partition coefficient (Wildman–Crippen LogP) is 1.93. The number of rotatable bonds is 3. The zero-order valence-corrected chi connectivity index (χ0v) is 19.8. The van der Waals surface area contributed by atoms with Crippen molar-refractivity contribution in [2.75, 3.05) is 20.1 Å². The average Bonchev–Trinajstić information content (AvgIpc) is 3.18. The molecule has 0 spiro atoms. The number of carboxylic acid groups (broad SMARTS) is 1. The molecule has 3 fully saturated rings. The third-order valence-corrected chi connectivity index (χ3v) is 7.57. The second-order valence-electron chi connectivity index (χ2n) is 9.93. The molecule has 3 aliphatic rings. The Morgan fingerprint density at radius 3 is 2.69 bits per heavy atom. The molecule has 1 saturated carbocycles. The highest BCUT2D eigenvalue weighted by Gasteiger charge is 2.62. The Balaban J connectivity index is 1.40. The van der Waals surface area contributed by atoms with Gasteiger partial charge in [-0.1, -0.05) is 49.6 Å². The van der Waals surface area contributed by atoms with Gasteiger partial charge in [0.25, 0.3) is 0 Å². The molecule has 1 aromatic heterocycles. The molecule has 3 heterocycles. The number of nitrogens with one attached hydrogen (secondary N) is 1. The summed E-state index contributed by atoms with van der Waals surface area (Å²) in [6, 6.07) is 8.07. The number of carboxylic acids is 1. The van der Waals surface area contributed by atoms with Gasteiger partial charge in [-0.05, 0) is 30.4 Å². The summed E-state index contributed by atoms with van der Waals surface area (Å²) < 4.78 is 0. The van der Waals surface area contributed by atoms with Crippen molar-refractivity contribution in [3.8, 4) is 11.4 Å². The first-order valence-corrected chi connectivity index (χ1v) is 12.3. The molecule has 2 aromatic rings. The van der Waals surface area contributed by atoms with E-state index in [9.17, 15) is 19.5 Å². The third kappa shape index (κ3) is 4.46. The topological polar surface area (TPSA) is 134 Å². The van der Waals surface area contributed by atoms with Crippen molar-refractivity contribution >= 4 is 17.9 Å². The quantitative estimate of drug-likeness (QED) is 0.684. The number of benzene rings is 1. The van der Waals surface area contributed by atoms with Gasteiger partial charge in [-0.3, -0.25) is 4.79 Å². The van der Waals surface area contributed by atoms with Crippen molar-refractivity contribution < 1.29 is 19.5 Å². The SMILES string of the molecule is CN1CCCCCC[C@@H]2C[C@@]2(C(=O)O)NC(=O)[C@@H]2C[C@@H](n3nnc(-c4ccccc4)n3)CN2C1=O. The van der Waals surface area contributed by atoms with E-state index in [0.29, 0.717) is 18.8 Å². The minimum Gasteiger partial charge on any atom is -0.479 e. The van der Waals surface area contributed by atoms with Gasteiger partial charge in [-0.15, -0.1) is 10.2 Å². The van der Waals surface area contributed by atoms with Crippen molar-refractivity contribution in [3.63, 3.8) is 0 Å². The van der Waals surface area contributed by atoms with E-state index in [2.05, 4.69) is 20.7 Å². The van der Waals surface area contributed by atoms with E-state index < -0.39 is 23.5 Å². The van der Waals surface area contributed by atoms with Crippen LogP contribution in [-0.4, -0.2) is 84.7 Å². The fourth-order valence-electron chi connectivity index (χ4n) is 5.38. The van der Waals surface area contributed by atoms with Gasteiger partial charge >= 0.3 is 12.0 Å². The number of aromatic nitrogens is 4. The fourth-order valence-corrected chi connectivity index (χ4v) is 5.38. The molecule has 0 bridgehead atoms. The third-order valence-electron chi connectivity index (χ3n) is 7.57. The van der Waals surface area contributed by atoms with Gasteiger partial charge in [0.2, 0.25) is 11.7 Å². The van der Waals surface area contributed by atoms with Gasteiger partial charge in [0.15, 0.2) is 0 Å². The molecular weight excluding hydrogens is 450 g/mol. The van der Waals surface area contributed by atoms with Crippen LogP contribution >= 0.6 is 0 Å². The maximum Gasteiger partial charge on any atom is 0.329 e. The number of amides is 3. The Bertz CT molecular complexity index is 1110. The van der Waals surface area contributed by atoms with Gasteiger partial charge in [0, 0.05) is 32.1 Å². The molecule has 2 aliphatic heterocycles. The van der Waals surface area contributed by atoms with Crippen molar-refractivity contribution in [1.29, 1.82) is 0 Å². The molecule has 35 heavy (non-hydrogen) atoms. The van der Waals surface area contributed by atoms with E-state index in [4.69, 9.17) is 0 Å². The first kappa shape index (κ1) is 23.3. The minimum absolute atomic E-state index is 0.0682. The number of fused-ring (bicyclic) bond motifs is 2.